The summed E-state index contributed by atoms with van der Waals surface area (Å²) in [7, 11) is 0. The van der Waals surface area contributed by atoms with E-state index in [1.807, 2.05) is 36.4 Å². The lowest BCUT2D eigenvalue weighted by Gasteiger charge is -2.39. The van der Waals surface area contributed by atoms with E-state index in [-0.39, 0.29) is 42.8 Å². The van der Waals surface area contributed by atoms with Gasteiger partial charge in [0.15, 0.2) is 5.75 Å². The average Bonchev–Trinajstić information content (AvgIpc) is 3.77. The van der Waals surface area contributed by atoms with E-state index in [0.717, 1.165) is 59.5 Å². The molecule has 3 aliphatic heterocycles. The van der Waals surface area contributed by atoms with E-state index in [4.69, 9.17) is 37.6 Å². The fraction of sp³-hybridized carbons (Fsp3) is 0.421. The molecule has 3 saturated heterocycles. The van der Waals surface area contributed by atoms with Gasteiger partial charge >= 0.3 is 6.01 Å². The smallest absolute Gasteiger partial charge is 0.319 e. The number of fused-ring (bicyclic) bond motifs is 3. The third-order valence-corrected chi connectivity index (χ3v) is 10.8. The number of nitrogens with zero attached hydrogens (tertiary/aromatic N) is 6. The quantitative estimate of drug-likeness (QED) is 0.144. The fourth-order valence-electron chi connectivity index (χ4n) is 8.01. The highest BCUT2D eigenvalue weighted by molar-refractivity contribution is 6.36. The molecule has 8 rings (SSSR count). The van der Waals surface area contributed by atoms with Crippen molar-refractivity contribution in [2.24, 2.45) is 0 Å². The van der Waals surface area contributed by atoms with Crippen LogP contribution < -0.4 is 14.4 Å². The molecule has 11 heteroatoms. The van der Waals surface area contributed by atoms with Crippen LogP contribution in [0.1, 0.15) is 32.1 Å². The second-order valence-corrected chi connectivity index (χ2v) is 14.1. The SMILES string of the molecule is [C-]#[N+]C[C@H]1CN(c2nc(OC[C@@]34CCCN3C[C@H](F)C4)nc3c(OC4CC4)c(-c4cccc5cccc(Cl)c45)ccc23)CCN1C(=O)C=C. The first-order valence-corrected chi connectivity index (χ1v) is 17.5. The van der Waals surface area contributed by atoms with Gasteiger partial charge in [-0.2, -0.15) is 9.97 Å². The van der Waals surface area contributed by atoms with Crippen molar-refractivity contribution in [3.05, 3.63) is 77.6 Å². The number of halogens is 2. The molecule has 0 spiro atoms. The minimum absolute atomic E-state index is 0.0694. The molecule has 1 amide bonds. The Labute approximate surface area is 290 Å². The van der Waals surface area contributed by atoms with Gasteiger partial charge in [0, 0.05) is 54.0 Å². The average molecular weight is 681 g/mol. The summed E-state index contributed by atoms with van der Waals surface area (Å²) in [5.74, 6) is 1.11. The van der Waals surface area contributed by atoms with E-state index in [1.165, 1.54) is 6.08 Å². The molecule has 1 aliphatic carbocycles. The van der Waals surface area contributed by atoms with E-state index >= 15 is 0 Å². The first kappa shape index (κ1) is 31.8. The lowest BCUT2D eigenvalue weighted by atomic mass is 9.95. The molecule has 0 unspecified atom stereocenters. The van der Waals surface area contributed by atoms with Crippen LogP contribution in [-0.4, -0.2) is 95.4 Å². The number of carbonyl (C=O) groups is 1. The van der Waals surface area contributed by atoms with Gasteiger partial charge in [-0.3, -0.25) is 9.69 Å². The molecule has 1 saturated carbocycles. The van der Waals surface area contributed by atoms with Gasteiger partial charge in [0.1, 0.15) is 30.2 Å². The number of alkyl halides is 1. The summed E-state index contributed by atoms with van der Waals surface area (Å²) in [6, 6.07) is 16.0. The number of hydrogen-bond donors (Lipinski definition) is 0. The van der Waals surface area contributed by atoms with Crippen molar-refractivity contribution in [1.82, 2.24) is 19.8 Å². The van der Waals surface area contributed by atoms with E-state index < -0.39 is 6.17 Å². The van der Waals surface area contributed by atoms with Crippen molar-refractivity contribution in [3.8, 4) is 22.9 Å². The third-order valence-electron chi connectivity index (χ3n) is 10.5. The van der Waals surface area contributed by atoms with Crippen molar-refractivity contribution in [2.75, 3.05) is 50.8 Å². The summed E-state index contributed by atoms with van der Waals surface area (Å²) in [6.07, 6.45) is 4.71. The standard InChI is InChI=1S/C38H38ClFN6O3/c1-3-32(47)46-18-17-44(22-26(46)20-41-2)36-30-14-13-29(28-9-4-7-24-8-5-10-31(39)33(24)28)35(49-27-11-12-27)34(30)42-37(43-36)48-23-38-15-6-16-45(38)21-25(40)19-38/h3-5,7-10,13-14,25-27H,1,6,11-12,15-23H2/t25-,26+,38+/m1/s1. The summed E-state index contributed by atoms with van der Waals surface area (Å²) >= 11 is 6.82. The van der Waals surface area contributed by atoms with Gasteiger partial charge in [-0.15, -0.1) is 0 Å². The van der Waals surface area contributed by atoms with Crippen LogP contribution in [0.4, 0.5) is 10.2 Å². The predicted molar refractivity (Wildman–Crippen MR) is 189 cm³/mol. The van der Waals surface area contributed by atoms with Crippen molar-refractivity contribution >= 4 is 45.0 Å². The van der Waals surface area contributed by atoms with Crippen molar-refractivity contribution in [3.63, 3.8) is 0 Å². The molecule has 4 aliphatic rings. The van der Waals surface area contributed by atoms with Gasteiger partial charge in [-0.1, -0.05) is 48.5 Å². The molecule has 0 N–H and O–H groups in total. The molecule has 0 radical (unpaired) electrons. The normalized spacial score (nSPS) is 23.9. The number of anilines is 1. The highest BCUT2D eigenvalue weighted by Gasteiger charge is 2.49. The molecule has 4 fully saturated rings. The maximum atomic E-state index is 14.7. The number of ether oxygens (including phenoxy) is 2. The van der Waals surface area contributed by atoms with Crippen LogP contribution in [0.15, 0.2) is 61.2 Å². The molecular formula is C38H38ClFN6O3. The van der Waals surface area contributed by atoms with Crippen molar-refractivity contribution in [1.29, 1.82) is 0 Å². The van der Waals surface area contributed by atoms with Gasteiger partial charge in [0.25, 0.3) is 0 Å². The fourth-order valence-corrected chi connectivity index (χ4v) is 8.29. The summed E-state index contributed by atoms with van der Waals surface area (Å²) < 4.78 is 27.9. The van der Waals surface area contributed by atoms with E-state index in [0.29, 0.717) is 54.7 Å². The zero-order valence-corrected chi connectivity index (χ0v) is 28.0. The van der Waals surface area contributed by atoms with Gasteiger partial charge in [-0.05, 0) is 67.5 Å². The van der Waals surface area contributed by atoms with Crippen molar-refractivity contribution in [2.45, 2.75) is 56.0 Å². The van der Waals surface area contributed by atoms with Crippen LogP contribution in [0.5, 0.6) is 11.8 Å². The highest BCUT2D eigenvalue weighted by atomic mass is 35.5. The molecule has 3 aromatic carbocycles. The molecule has 0 bridgehead atoms. The number of aromatic nitrogens is 2. The molecule has 4 aromatic rings. The molecule has 3 atom stereocenters. The Morgan fingerprint density at radius 3 is 2.73 bits per heavy atom. The first-order chi connectivity index (χ1) is 23.9. The topological polar surface area (TPSA) is 75.4 Å². The number of benzene rings is 3. The lowest BCUT2D eigenvalue weighted by Crippen LogP contribution is -2.56. The second kappa shape index (κ2) is 12.8. The molecule has 252 valence electrons. The Bertz CT molecular complexity index is 1990. The number of piperazine rings is 1. The predicted octanol–water partition coefficient (Wildman–Crippen LogP) is 6.72. The number of rotatable bonds is 9. The summed E-state index contributed by atoms with van der Waals surface area (Å²) in [4.78, 5) is 32.5. The minimum atomic E-state index is -0.875. The largest absolute Gasteiger partial charge is 0.487 e. The second-order valence-electron chi connectivity index (χ2n) is 13.7. The Morgan fingerprint density at radius 2 is 1.94 bits per heavy atom. The van der Waals surface area contributed by atoms with E-state index in [2.05, 4.69) is 33.4 Å². The number of carbonyl (C=O) groups excluding carboxylic acids is 1. The maximum Gasteiger partial charge on any atom is 0.319 e. The monoisotopic (exact) mass is 680 g/mol. The lowest BCUT2D eigenvalue weighted by molar-refractivity contribution is -0.128. The Hall–Kier alpha value is -4.46. The number of amides is 1. The van der Waals surface area contributed by atoms with Crippen LogP contribution in [0.25, 0.3) is 37.6 Å². The summed E-state index contributed by atoms with van der Waals surface area (Å²) in [6.45, 7) is 14.3. The van der Waals surface area contributed by atoms with E-state index in [1.54, 1.807) is 4.90 Å². The van der Waals surface area contributed by atoms with E-state index in [9.17, 15) is 9.18 Å². The highest BCUT2D eigenvalue weighted by Crippen LogP contribution is 2.46. The molecule has 4 heterocycles. The van der Waals surface area contributed by atoms with Crippen LogP contribution >= 0.6 is 11.6 Å². The molecule has 49 heavy (non-hydrogen) atoms. The summed E-state index contributed by atoms with van der Waals surface area (Å²) in [5, 5.41) is 3.40. The van der Waals surface area contributed by atoms with Gasteiger partial charge in [-0.25, -0.2) is 11.0 Å². The zero-order chi connectivity index (χ0) is 33.7. The van der Waals surface area contributed by atoms with Crippen LogP contribution in [-0.2, 0) is 4.79 Å². The van der Waals surface area contributed by atoms with Crippen LogP contribution in [0, 0.1) is 6.57 Å². The Kier molecular flexibility index (Phi) is 8.29. The minimum Gasteiger partial charge on any atom is -0.487 e. The molecular weight excluding hydrogens is 643 g/mol. The maximum absolute atomic E-state index is 14.7. The Morgan fingerprint density at radius 1 is 1.10 bits per heavy atom. The Balaban J connectivity index is 1.27. The summed E-state index contributed by atoms with van der Waals surface area (Å²) in [5.41, 5.74) is 2.06. The van der Waals surface area contributed by atoms with Crippen LogP contribution in [0.3, 0.4) is 0 Å². The van der Waals surface area contributed by atoms with Gasteiger partial charge in [0.2, 0.25) is 12.5 Å². The van der Waals surface area contributed by atoms with Gasteiger partial charge in [0.05, 0.1) is 11.6 Å². The van der Waals surface area contributed by atoms with Crippen molar-refractivity contribution < 1.29 is 18.7 Å². The third kappa shape index (κ3) is 5.83. The molecule has 1 aromatic heterocycles. The van der Waals surface area contributed by atoms with Crippen LogP contribution in [0.2, 0.25) is 5.02 Å². The van der Waals surface area contributed by atoms with Gasteiger partial charge < -0.3 is 24.1 Å². The zero-order valence-electron chi connectivity index (χ0n) is 27.3. The first-order valence-electron chi connectivity index (χ1n) is 17.1. The molecule has 9 nitrogen and oxygen atoms in total. The number of hydrogen-bond acceptors (Lipinski definition) is 7.